The van der Waals surface area contributed by atoms with Gasteiger partial charge in [0.25, 0.3) is 5.91 Å². The van der Waals surface area contributed by atoms with Crippen molar-refractivity contribution in [2.45, 2.75) is 24.8 Å². The first kappa shape index (κ1) is 15.3. The molecule has 112 valence electrons. The van der Waals surface area contributed by atoms with E-state index in [0.29, 0.717) is 24.1 Å². The molecule has 0 aliphatic heterocycles. The first-order valence-electron chi connectivity index (χ1n) is 6.55. The SMILES string of the molecule is CN(C(=O)c1cccc(NS(C)(=O)=O)c1)C1(C#N)CCC1. The molecule has 0 spiro atoms. The zero-order chi connectivity index (χ0) is 15.7. The van der Waals surface area contributed by atoms with Gasteiger partial charge in [0.05, 0.1) is 12.3 Å². The minimum atomic E-state index is -3.39. The number of benzene rings is 1. The number of anilines is 1. The van der Waals surface area contributed by atoms with Gasteiger partial charge in [0.15, 0.2) is 0 Å². The van der Waals surface area contributed by atoms with Gasteiger partial charge in [-0.15, -0.1) is 0 Å². The van der Waals surface area contributed by atoms with E-state index in [2.05, 4.69) is 10.8 Å². The molecule has 7 heteroatoms. The van der Waals surface area contributed by atoms with Gasteiger partial charge in [-0.3, -0.25) is 9.52 Å². The molecule has 0 atom stereocenters. The second kappa shape index (κ2) is 5.37. The van der Waals surface area contributed by atoms with Crippen LogP contribution in [0.1, 0.15) is 29.6 Å². The van der Waals surface area contributed by atoms with Crippen LogP contribution in [-0.2, 0) is 10.0 Å². The molecule has 0 aromatic heterocycles. The van der Waals surface area contributed by atoms with Gasteiger partial charge in [-0.1, -0.05) is 6.07 Å². The molecule has 0 bridgehead atoms. The molecular formula is C14H17N3O3S. The highest BCUT2D eigenvalue weighted by molar-refractivity contribution is 7.92. The minimum Gasteiger partial charge on any atom is -0.323 e. The van der Waals surface area contributed by atoms with Crippen molar-refractivity contribution in [3.05, 3.63) is 29.8 Å². The van der Waals surface area contributed by atoms with Gasteiger partial charge in [0, 0.05) is 18.3 Å². The van der Waals surface area contributed by atoms with Crippen molar-refractivity contribution in [1.29, 1.82) is 5.26 Å². The van der Waals surface area contributed by atoms with Crippen LogP contribution in [0, 0.1) is 11.3 Å². The first-order chi connectivity index (χ1) is 9.77. The van der Waals surface area contributed by atoms with Crippen LogP contribution in [0.15, 0.2) is 24.3 Å². The van der Waals surface area contributed by atoms with Crippen LogP contribution in [0.5, 0.6) is 0 Å². The average molecular weight is 307 g/mol. The molecule has 0 saturated heterocycles. The fourth-order valence-electron chi connectivity index (χ4n) is 2.35. The number of carbonyl (C=O) groups excluding carboxylic acids is 1. The lowest BCUT2D eigenvalue weighted by atomic mass is 9.76. The fraction of sp³-hybridized carbons (Fsp3) is 0.429. The summed E-state index contributed by atoms with van der Waals surface area (Å²) >= 11 is 0. The summed E-state index contributed by atoms with van der Waals surface area (Å²) in [6.45, 7) is 0. The fourth-order valence-corrected chi connectivity index (χ4v) is 2.91. The van der Waals surface area contributed by atoms with Crippen molar-refractivity contribution >= 4 is 21.6 Å². The number of rotatable bonds is 4. The maximum absolute atomic E-state index is 12.5. The van der Waals surface area contributed by atoms with Gasteiger partial charge in [-0.25, -0.2) is 8.42 Å². The van der Waals surface area contributed by atoms with E-state index >= 15 is 0 Å². The Bertz CT molecular complexity index is 702. The predicted octanol–water partition coefficient (Wildman–Crippen LogP) is 1.58. The van der Waals surface area contributed by atoms with Crippen LogP contribution in [0.25, 0.3) is 0 Å². The first-order valence-corrected chi connectivity index (χ1v) is 8.44. The molecule has 0 heterocycles. The van der Waals surface area contributed by atoms with Gasteiger partial charge in [0.1, 0.15) is 5.54 Å². The van der Waals surface area contributed by atoms with Crippen LogP contribution in [-0.4, -0.2) is 38.1 Å². The highest BCUT2D eigenvalue weighted by atomic mass is 32.2. The molecule has 1 fully saturated rings. The average Bonchev–Trinajstić information content (AvgIpc) is 2.35. The Kier molecular flexibility index (Phi) is 3.92. The second-order valence-electron chi connectivity index (χ2n) is 5.32. The van der Waals surface area contributed by atoms with Gasteiger partial charge in [-0.05, 0) is 37.5 Å². The molecule has 1 N–H and O–H groups in total. The van der Waals surface area contributed by atoms with E-state index < -0.39 is 15.6 Å². The van der Waals surface area contributed by atoms with E-state index in [1.807, 2.05) is 0 Å². The van der Waals surface area contributed by atoms with Crippen molar-refractivity contribution in [3.63, 3.8) is 0 Å². The number of nitriles is 1. The third-order valence-corrected chi connectivity index (χ3v) is 4.35. The Morgan fingerprint density at radius 2 is 2.10 bits per heavy atom. The van der Waals surface area contributed by atoms with E-state index in [1.165, 1.54) is 11.0 Å². The van der Waals surface area contributed by atoms with Crippen LogP contribution < -0.4 is 4.72 Å². The third kappa shape index (κ3) is 3.16. The Hall–Kier alpha value is -2.07. The lowest BCUT2D eigenvalue weighted by molar-refractivity contribution is 0.0497. The summed E-state index contributed by atoms with van der Waals surface area (Å²) in [5.41, 5.74) is -0.0406. The molecule has 0 radical (unpaired) electrons. The summed E-state index contributed by atoms with van der Waals surface area (Å²) in [6.07, 6.45) is 3.33. The van der Waals surface area contributed by atoms with Crippen molar-refractivity contribution in [1.82, 2.24) is 4.90 Å². The van der Waals surface area contributed by atoms with Crippen molar-refractivity contribution in [2.75, 3.05) is 18.0 Å². The highest BCUT2D eigenvalue weighted by Gasteiger charge is 2.43. The van der Waals surface area contributed by atoms with Crippen LogP contribution >= 0.6 is 0 Å². The monoisotopic (exact) mass is 307 g/mol. The van der Waals surface area contributed by atoms with Crippen molar-refractivity contribution in [3.8, 4) is 6.07 Å². The molecule has 1 amide bonds. The number of nitrogens with one attached hydrogen (secondary N) is 1. The van der Waals surface area contributed by atoms with Crippen LogP contribution in [0.4, 0.5) is 5.69 Å². The van der Waals surface area contributed by atoms with E-state index in [1.54, 1.807) is 25.2 Å². The maximum atomic E-state index is 12.5. The van der Waals surface area contributed by atoms with Crippen molar-refractivity contribution < 1.29 is 13.2 Å². The van der Waals surface area contributed by atoms with Crippen LogP contribution in [0.2, 0.25) is 0 Å². The quantitative estimate of drug-likeness (QED) is 0.914. The van der Waals surface area contributed by atoms with Gasteiger partial charge >= 0.3 is 0 Å². The molecule has 6 nitrogen and oxygen atoms in total. The number of amides is 1. The summed E-state index contributed by atoms with van der Waals surface area (Å²) in [7, 11) is -1.78. The summed E-state index contributed by atoms with van der Waals surface area (Å²) in [5, 5.41) is 9.27. The Morgan fingerprint density at radius 3 is 2.57 bits per heavy atom. The Morgan fingerprint density at radius 1 is 1.43 bits per heavy atom. The van der Waals surface area contributed by atoms with Crippen LogP contribution in [0.3, 0.4) is 0 Å². The number of sulfonamides is 1. The van der Waals surface area contributed by atoms with Gasteiger partial charge in [-0.2, -0.15) is 5.26 Å². The lowest BCUT2D eigenvalue weighted by Crippen LogP contribution is -2.53. The summed E-state index contributed by atoms with van der Waals surface area (Å²) in [4.78, 5) is 13.9. The Labute approximate surface area is 124 Å². The molecule has 1 aromatic rings. The third-order valence-electron chi connectivity index (χ3n) is 3.75. The largest absolute Gasteiger partial charge is 0.323 e. The van der Waals surface area contributed by atoms with E-state index in [4.69, 9.17) is 0 Å². The molecule has 0 unspecified atom stereocenters. The topological polar surface area (TPSA) is 90.3 Å². The van der Waals surface area contributed by atoms with E-state index in [-0.39, 0.29) is 5.91 Å². The molecule has 1 aromatic carbocycles. The Balaban J connectivity index is 2.24. The number of carbonyl (C=O) groups is 1. The van der Waals surface area contributed by atoms with Gasteiger partial charge in [0.2, 0.25) is 10.0 Å². The molecule has 21 heavy (non-hydrogen) atoms. The summed E-state index contributed by atoms with van der Waals surface area (Å²) < 4.78 is 24.8. The normalized spacial score (nSPS) is 16.4. The predicted molar refractivity (Wildman–Crippen MR) is 79.2 cm³/mol. The number of nitrogens with zero attached hydrogens (tertiary/aromatic N) is 2. The summed E-state index contributed by atoms with van der Waals surface area (Å²) in [5.74, 6) is -0.284. The standard InChI is InChI=1S/C14H17N3O3S/c1-17(14(10-15)7-4-8-14)13(18)11-5-3-6-12(9-11)16-21(2,19)20/h3,5-6,9,16H,4,7-8H2,1-2H3. The number of hydrogen-bond acceptors (Lipinski definition) is 4. The lowest BCUT2D eigenvalue weighted by Gasteiger charge is -2.42. The number of hydrogen-bond donors (Lipinski definition) is 1. The minimum absolute atomic E-state index is 0.284. The molecule has 2 rings (SSSR count). The smallest absolute Gasteiger partial charge is 0.254 e. The zero-order valence-electron chi connectivity index (χ0n) is 12.0. The van der Waals surface area contributed by atoms with Crippen molar-refractivity contribution in [2.24, 2.45) is 0 Å². The second-order valence-corrected chi connectivity index (χ2v) is 7.06. The summed E-state index contributed by atoms with van der Waals surface area (Å²) in [6, 6.07) is 8.47. The maximum Gasteiger partial charge on any atom is 0.254 e. The molecular weight excluding hydrogens is 290 g/mol. The van der Waals surface area contributed by atoms with Gasteiger partial charge < -0.3 is 4.90 Å². The molecule has 1 aliphatic carbocycles. The van der Waals surface area contributed by atoms with E-state index in [0.717, 1.165) is 12.7 Å². The zero-order valence-corrected chi connectivity index (χ0v) is 12.8. The molecule has 1 aliphatic rings. The highest BCUT2D eigenvalue weighted by Crippen LogP contribution is 2.37. The van der Waals surface area contributed by atoms with E-state index in [9.17, 15) is 18.5 Å². The molecule has 1 saturated carbocycles.